The first kappa shape index (κ1) is 16.6. The Morgan fingerprint density at radius 3 is 2.15 bits per heavy atom. The largest absolute Gasteiger partial charge is 0.392 e. The molecule has 118 valence electrons. The minimum absolute atomic E-state index is 0.0849. The van der Waals surface area contributed by atoms with Crippen LogP contribution >= 0.6 is 0 Å². The third kappa shape index (κ3) is 3.92. The average Bonchev–Trinajstić information content (AvgIpc) is 2.78. The molecule has 2 aliphatic rings. The molecule has 1 unspecified atom stereocenters. The minimum Gasteiger partial charge on any atom is -0.392 e. The summed E-state index contributed by atoms with van der Waals surface area (Å²) in [6.45, 7) is 14.4. The van der Waals surface area contributed by atoms with Gasteiger partial charge in [0, 0.05) is 26.3 Å². The van der Waals surface area contributed by atoms with Crippen LogP contribution in [0.3, 0.4) is 0 Å². The maximum atomic E-state index is 6.40. The molecule has 6 heteroatoms. The van der Waals surface area contributed by atoms with Crippen molar-refractivity contribution >= 4 is 18.2 Å². The van der Waals surface area contributed by atoms with Gasteiger partial charge in [-0.05, 0) is 38.0 Å². The lowest BCUT2D eigenvalue weighted by Crippen LogP contribution is -2.65. The number of likely N-dealkylation sites (N-methyl/N-ethyl adjacent to an activating group) is 1. The lowest BCUT2D eigenvalue weighted by atomic mass is 9.96. The Kier molecular flexibility index (Phi) is 5.48. The van der Waals surface area contributed by atoms with Crippen molar-refractivity contribution in [3.63, 3.8) is 0 Å². The molecular weight excluding hydrogens is 284 g/mol. The maximum Gasteiger partial charge on any atom is 0.352 e. The van der Waals surface area contributed by atoms with Crippen LogP contribution in [0.1, 0.15) is 27.2 Å². The van der Waals surface area contributed by atoms with E-state index in [0.717, 1.165) is 26.3 Å². The lowest BCUT2D eigenvalue weighted by molar-refractivity contribution is 0.0751. The van der Waals surface area contributed by atoms with Crippen LogP contribution in [0.2, 0.25) is 12.6 Å². The highest BCUT2D eigenvalue weighted by Crippen LogP contribution is 2.35. The fraction of sp³-hybridized carbons (Fsp3) is 1.00. The summed E-state index contributed by atoms with van der Waals surface area (Å²) in [4.78, 5) is 2.30. The van der Waals surface area contributed by atoms with Gasteiger partial charge in [-0.15, -0.1) is 0 Å². The van der Waals surface area contributed by atoms with Gasteiger partial charge in [0.15, 0.2) is 0 Å². The molecule has 2 rings (SSSR count). The van der Waals surface area contributed by atoms with Crippen LogP contribution in [0.5, 0.6) is 0 Å². The van der Waals surface area contributed by atoms with Gasteiger partial charge >= 0.3 is 8.56 Å². The van der Waals surface area contributed by atoms with Gasteiger partial charge in [-0.1, -0.05) is 20.8 Å². The molecule has 2 fully saturated rings. The zero-order valence-electron chi connectivity index (χ0n) is 13.9. The smallest absolute Gasteiger partial charge is 0.352 e. The zero-order valence-corrected chi connectivity index (χ0v) is 16.4. The second kappa shape index (κ2) is 6.58. The van der Waals surface area contributed by atoms with Crippen LogP contribution in [0.15, 0.2) is 0 Å². The van der Waals surface area contributed by atoms with Gasteiger partial charge in [0.25, 0.3) is 0 Å². The molecule has 0 spiro atoms. The minimum atomic E-state index is -2.14. The summed E-state index contributed by atoms with van der Waals surface area (Å²) in [6, 6.07) is 1.46. The van der Waals surface area contributed by atoms with E-state index in [1.807, 2.05) is 0 Å². The summed E-state index contributed by atoms with van der Waals surface area (Å²) in [5.41, 5.74) is 0.747. The Labute approximate surface area is 128 Å². The molecular formula is C14H32N2O2Si2. The lowest BCUT2D eigenvalue weighted by Gasteiger charge is -2.47. The molecule has 0 aromatic rings. The van der Waals surface area contributed by atoms with E-state index < -0.39 is 8.56 Å². The molecule has 0 aromatic heterocycles. The van der Waals surface area contributed by atoms with Gasteiger partial charge < -0.3 is 18.3 Å². The third-order valence-corrected chi connectivity index (χ3v) is 10.8. The molecule has 0 radical (unpaired) electrons. The standard InChI is InChI=1S/C14H32N2O2Si2/c1-14(2,3)13(16-7-6-12-19-16)20(5)17-10-8-15(4)9-11-18-20/h13H,6-12,19H2,1-5H3. The number of nitrogens with zero attached hydrogens (tertiary/aromatic N) is 2. The quantitative estimate of drug-likeness (QED) is 0.715. The molecule has 0 aromatic carbocycles. The van der Waals surface area contributed by atoms with Crippen LogP contribution < -0.4 is 0 Å². The first-order valence-electron chi connectivity index (χ1n) is 8.03. The van der Waals surface area contributed by atoms with E-state index in [0.29, 0.717) is 5.67 Å². The molecule has 0 amide bonds. The molecule has 20 heavy (non-hydrogen) atoms. The van der Waals surface area contributed by atoms with E-state index in [1.165, 1.54) is 19.0 Å². The highest BCUT2D eigenvalue weighted by atomic mass is 28.4. The monoisotopic (exact) mass is 316 g/mol. The molecule has 2 saturated heterocycles. The van der Waals surface area contributed by atoms with Crippen molar-refractivity contribution in [3.8, 4) is 0 Å². The van der Waals surface area contributed by atoms with Crippen molar-refractivity contribution in [2.75, 3.05) is 39.9 Å². The Hall–Kier alpha value is 0.274. The molecule has 2 aliphatic heterocycles. The van der Waals surface area contributed by atoms with Crippen molar-refractivity contribution in [2.45, 2.75) is 45.4 Å². The fourth-order valence-corrected chi connectivity index (χ4v) is 11.0. The van der Waals surface area contributed by atoms with Crippen LogP contribution in [0.4, 0.5) is 0 Å². The van der Waals surface area contributed by atoms with Gasteiger partial charge in [0.1, 0.15) is 0 Å². The summed E-state index contributed by atoms with van der Waals surface area (Å²) in [7, 11) is -0.0851. The predicted molar refractivity (Wildman–Crippen MR) is 88.9 cm³/mol. The van der Waals surface area contributed by atoms with E-state index in [-0.39, 0.29) is 15.1 Å². The first-order chi connectivity index (χ1) is 9.33. The molecule has 4 nitrogen and oxygen atoms in total. The molecule has 1 atom stereocenters. The van der Waals surface area contributed by atoms with E-state index in [4.69, 9.17) is 8.85 Å². The maximum absolute atomic E-state index is 6.40. The number of hydrogen-bond acceptors (Lipinski definition) is 4. The predicted octanol–water partition coefficient (Wildman–Crippen LogP) is 1.20. The summed E-state index contributed by atoms with van der Waals surface area (Å²) in [5.74, 6) is 0. The normalized spacial score (nSPS) is 29.2. The summed E-state index contributed by atoms with van der Waals surface area (Å²) >= 11 is 0. The van der Waals surface area contributed by atoms with Gasteiger partial charge in [-0.2, -0.15) is 0 Å². The van der Waals surface area contributed by atoms with Gasteiger partial charge in [0.2, 0.25) is 0 Å². The van der Waals surface area contributed by atoms with Crippen LogP contribution in [-0.4, -0.2) is 73.3 Å². The Morgan fingerprint density at radius 1 is 1.10 bits per heavy atom. The molecule has 0 saturated carbocycles. The summed E-state index contributed by atoms with van der Waals surface area (Å²) < 4.78 is 15.6. The highest BCUT2D eigenvalue weighted by molar-refractivity contribution is 6.68. The van der Waals surface area contributed by atoms with E-state index in [9.17, 15) is 0 Å². The van der Waals surface area contributed by atoms with Crippen LogP contribution in [0, 0.1) is 5.41 Å². The topological polar surface area (TPSA) is 24.9 Å². The molecule has 0 N–H and O–H groups in total. The van der Waals surface area contributed by atoms with Gasteiger partial charge in [-0.25, -0.2) is 0 Å². The highest BCUT2D eigenvalue weighted by Gasteiger charge is 2.51. The number of rotatable bonds is 2. The Balaban J connectivity index is 2.16. The first-order valence-corrected chi connectivity index (χ1v) is 12.1. The van der Waals surface area contributed by atoms with Crippen molar-refractivity contribution in [1.29, 1.82) is 0 Å². The van der Waals surface area contributed by atoms with Crippen molar-refractivity contribution in [2.24, 2.45) is 5.41 Å². The fourth-order valence-electron chi connectivity index (χ4n) is 3.79. The number of hydrogen-bond donors (Lipinski definition) is 0. The molecule has 0 aliphatic carbocycles. The van der Waals surface area contributed by atoms with E-state index >= 15 is 0 Å². The second-order valence-electron chi connectivity index (χ2n) is 7.53. The second-order valence-corrected chi connectivity index (χ2v) is 12.7. The molecule has 2 heterocycles. The Morgan fingerprint density at radius 2 is 1.70 bits per heavy atom. The van der Waals surface area contributed by atoms with E-state index in [2.05, 4.69) is 43.8 Å². The zero-order chi connectivity index (χ0) is 14.8. The van der Waals surface area contributed by atoms with Crippen molar-refractivity contribution < 1.29 is 8.85 Å². The van der Waals surface area contributed by atoms with Crippen LogP contribution in [0.25, 0.3) is 0 Å². The average molecular weight is 317 g/mol. The SMILES string of the molecule is CN1CCO[Si](C)(C(N2CCC[SiH2]2)C(C)(C)C)OCC1. The van der Waals surface area contributed by atoms with Gasteiger partial charge in [0.05, 0.1) is 15.3 Å². The Bertz CT molecular complexity index is 307. The summed E-state index contributed by atoms with van der Waals surface area (Å²) in [5, 5.41) is 0. The van der Waals surface area contributed by atoms with Gasteiger partial charge in [-0.3, -0.25) is 0 Å². The van der Waals surface area contributed by atoms with Crippen molar-refractivity contribution in [3.05, 3.63) is 0 Å². The van der Waals surface area contributed by atoms with E-state index in [1.54, 1.807) is 0 Å². The van der Waals surface area contributed by atoms with Crippen LogP contribution in [-0.2, 0) is 8.85 Å². The molecule has 0 bridgehead atoms. The summed E-state index contributed by atoms with van der Waals surface area (Å²) in [6.07, 6.45) is 1.38. The third-order valence-electron chi connectivity index (χ3n) is 4.55. The van der Waals surface area contributed by atoms with Crippen molar-refractivity contribution in [1.82, 2.24) is 9.47 Å².